The lowest BCUT2D eigenvalue weighted by molar-refractivity contribution is -0.384. The molecule has 0 radical (unpaired) electrons. The van der Waals surface area contributed by atoms with Crippen molar-refractivity contribution in [2.24, 2.45) is 5.10 Å². The summed E-state index contributed by atoms with van der Waals surface area (Å²) < 4.78 is 8.86. The third-order valence-electron chi connectivity index (χ3n) is 4.28. The lowest BCUT2D eigenvalue weighted by Crippen LogP contribution is -2.47. The number of rotatable bonds is 5. The van der Waals surface area contributed by atoms with Gasteiger partial charge in [0, 0.05) is 24.9 Å². The first kappa shape index (κ1) is 21.0. The van der Waals surface area contributed by atoms with Crippen LogP contribution in [0.2, 0.25) is 0 Å². The molecule has 0 N–H and O–H groups in total. The standard InChI is InChI=1S/C17H18N4O6S2/c1-5-27-16(23)14-18-20(11-7-6-8-12(9-11)21(24)25)17(29-14)19(3)10(2)13(28-17)15(22)26-4/h6-9H,5H2,1-4H3/t17-/m0/s1. The van der Waals surface area contributed by atoms with Crippen LogP contribution in [-0.4, -0.2) is 51.9 Å². The monoisotopic (exact) mass is 438 g/mol. The normalized spacial score (nSPS) is 20.9. The third kappa shape index (κ3) is 3.53. The highest BCUT2D eigenvalue weighted by molar-refractivity contribution is 8.28. The van der Waals surface area contributed by atoms with Crippen molar-refractivity contribution >= 4 is 51.9 Å². The minimum absolute atomic E-state index is 0.0802. The van der Waals surface area contributed by atoms with Crippen molar-refractivity contribution < 1.29 is 24.0 Å². The molecular formula is C17H18N4O6S2. The Kier molecular flexibility index (Phi) is 5.75. The van der Waals surface area contributed by atoms with Crippen LogP contribution in [0, 0.1) is 10.1 Å². The maximum Gasteiger partial charge on any atom is 0.365 e. The lowest BCUT2D eigenvalue weighted by atomic mass is 10.3. The number of hydrogen-bond acceptors (Lipinski definition) is 11. The topological polar surface area (TPSA) is 115 Å². The number of carbonyl (C=O) groups is 2. The summed E-state index contributed by atoms with van der Waals surface area (Å²) >= 11 is 2.25. The van der Waals surface area contributed by atoms with Crippen LogP contribution in [0.25, 0.3) is 0 Å². The zero-order valence-electron chi connectivity index (χ0n) is 16.1. The minimum atomic E-state index is -1.08. The number of thioether (sulfide) groups is 2. The molecule has 2 aliphatic rings. The second kappa shape index (κ2) is 7.95. The van der Waals surface area contributed by atoms with Crippen LogP contribution in [0.5, 0.6) is 0 Å². The van der Waals surface area contributed by atoms with Crippen molar-refractivity contribution in [3.05, 3.63) is 45.0 Å². The predicted molar refractivity (Wildman–Crippen MR) is 110 cm³/mol. The van der Waals surface area contributed by atoms with E-state index in [1.807, 2.05) is 0 Å². The van der Waals surface area contributed by atoms with E-state index in [-0.39, 0.29) is 17.3 Å². The van der Waals surface area contributed by atoms with E-state index >= 15 is 0 Å². The highest BCUT2D eigenvalue weighted by Gasteiger charge is 2.56. The van der Waals surface area contributed by atoms with Gasteiger partial charge in [-0.1, -0.05) is 17.8 Å². The van der Waals surface area contributed by atoms with E-state index in [2.05, 4.69) is 5.10 Å². The van der Waals surface area contributed by atoms with Gasteiger partial charge in [-0.15, -0.1) is 0 Å². The molecule has 0 saturated carbocycles. The largest absolute Gasteiger partial charge is 0.465 e. The van der Waals surface area contributed by atoms with Gasteiger partial charge in [0.15, 0.2) is 0 Å². The van der Waals surface area contributed by atoms with Gasteiger partial charge in [0.2, 0.25) is 9.37 Å². The Bertz CT molecular complexity index is 950. The molecule has 0 unspecified atom stereocenters. The number of non-ortho nitro benzene ring substituents is 1. The van der Waals surface area contributed by atoms with Gasteiger partial charge in [0.1, 0.15) is 4.91 Å². The first-order chi connectivity index (χ1) is 13.7. The number of nitro benzene ring substituents is 1. The lowest BCUT2D eigenvalue weighted by Gasteiger charge is -2.38. The van der Waals surface area contributed by atoms with Crippen molar-refractivity contribution in [2.45, 2.75) is 18.2 Å². The van der Waals surface area contributed by atoms with Crippen LogP contribution in [0.3, 0.4) is 0 Å². The van der Waals surface area contributed by atoms with E-state index in [9.17, 15) is 19.7 Å². The van der Waals surface area contributed by atoms with Gasteiger partial charge in [-0.25, -0.2) is 14.6 Å². The summed E-state index contributed by atoms with van der Waals surface area (Å²) in [5.41, 5.74) is 0.903. The van der Waals surface area contributed by atoms with Gasteiger partial charge in [-0.2, -0.15) is 5.10 Å². The summed E-state index contributed by atoms with van der Waals surface area (Å²) in [6, 6.07) is 5.90. The molecule has 1 aromatic carbocycles. The summed E-state index contributed by atoms with van der Waals surface area (Å²) in [6.07, 6.45) is 0. The molecule has 29 heavy (non-hydrogen) atoms. The fraction of sp³-hybridized carbons (Fsp3) is 0.353. The Balaban J connectivity index is 2.09. The molecule has 1 spiro atoms. The Morgan fingerprint density at radius 1 is 1.31 bits per heavy atom. The number of nitro groups is 1. The highest BCUT2D eigenvalue weighted by atomic mass is 32.2. The number of esters is 2. The van der Waals surface area contributed by atoms with Gasteiger partial charge >= 0.3 is 11.9 Å². The van der Waals surface area contributed by atoms with Gasteiger partial charge in [-0.05, 0) is 31.7 Å². The molecular weight excluding hydrogens is 420 g/mol. The smallest absolute Gasteiger partial charge is 0.365 e. The molecule has 2 aliphatic heterocycles. The Labute approximate surface area is 175 Å². The van der Waals surface area contributed by atoms with Crippen LogP contribution in [0.1, 0.15) is 13.8 Å². The summed E-state index contributed by atoms with van der Waals surface area (Å²) in [5, 5.41) is 17.2. The molecule has 0 aromatic heterocycles. The van der Waals surface area contributed by atoms with Gasteiger partial charge in [-0.3, -0.25) is 10.1 Å². The Morgan fingerprint density at radius 3 is 2.66 bits per heavy atom. The van der Waals surface area contributed by atoms with Crippen molar-refractivity contribution in [1.82, 2.24) is 4.90 Å². The minimum Gasteiger partial charge on any atom is -0.465 e. The number of ether oxygens (including phenoxy) is 2. The fourth-order valence-electron chi connectivity index (χ4n) is 2.77. The van der Waals surface area contributed by atoms with Crippen LogP contribution in [-0.2, 0) is 19.1 Å². The molecule has 0 bridgehead atoms. The first-order valence-electron chi connectivity index (χ1n) is 8.46. The number of allylic oxidation sites excluding steroid dienone is 1. The van der Waals surface area contributed by atoms with Gasteiger partial charge in [0.25, 0.3) is 5.69 Å². The summed E-state index contributed by atoms with van der Waals surface area (Å²) in [5.74, 6) is -1.12. The number of nitrogens with zero attached hydrogens (tertiary/aromatic N) is 4. The summed E-state index contributed by atoms with van der Waals surface area (Å²) in [7, 11) is 3.04. The number of carbonyl (C=O) groups excluding carboxylic acids is 2. The molecule has 0 fully saturated rings. The van der Waals surface area contributed by atoms with E-state index in [1.165, 1.54) is 30.3 Å². The molecule has 1 atom stereocenters. The number of methoxy groups -OCH3 is 1. The van der Waals surface area contributed by atoms with Gasteiger partial charge in [0.05, 0.1) is 24.3 Å². The molecule has 2 heterocycles. The second-order valence-corrected chi connectivity index (χ2v) is 8.53. The molecule has 1 aromatic rings. The average Bonchev–Trinajstić information content (AvgIpc) is 3.22. The van der Waals surface area contributed by atoms with E-state index < -0.39 is 21.2 Å². The molecule has 0 saturated heterocycles. The molecule has 3 rings (SSSR count). The van der Waals surface area contributed by atoms with Crippen molar-refractivity contribution in [2.75, 3.05) is 25.8 Å². The zero-order chi connectivity index (χ0) is 21.3. The number of benzene rings is 1. The average molecular weight is 438 g/mol. The molecule has 10 nitrogen and oxygen atoms in total. The van der Waals surface area contributed by atoms with Crippen LogP contribution < -0.4 is 5.01 Å². The maximum atomic E-state index is 12.4. The molecule has 154 valence electrons. The SMILES string of the molecule is CCOC(=O)C1=NN(c2cccc([N+](=O)[O-])c2)[C@]2(S1)SC(C(=O)OC)=C(C)N2C. The van der Waals surface area contributed by atoms with E-state index in [0.29, 0.717) is 16.3 Å². The number of hydrogen-bond donors (Lipinski definition) is 0. The third-order valence-corrected chi connectivity index (χ3v) is 7.32. The van der Waals surface area contributed by atoms with Crippen molar-refractivity contribution in [3.63, 3.8) is 0 Å². The maximum absolute atomic E-state index is 12.4. The first-order valence-corrected chi connectivity index (χ1v) is 10.1. The molecule has 0 aliphatic carbocycles. The van der Waals surface area contributed by atoms with Crippen molar-refractivity contribution in [1.29, 1.82) is 0 Å². The Morgan fingerprint density at radius 2 is 2.03 bits per heavy atom. The molecule has 0 amide bonds. The van der Waals surface area contributed by atoms with E-state index in [1.54, 1.807) is 31.9 Å². The van der Waals surface area contributed by atoms with Crippen molar-refractivity contribution in [3.8, 4) is 0 Å². The van der Waals surface area contributed by atoms with Crippen LogP contribution in [0.15, 0.2) is 40.0 Å². The quantitative estimate of drug-likeness (QED) is 0.386. The second-order valence-electron chi connectivity index (χ2n) is 5.93. The van der Waals surface area contributed by atoms with E-state index in [4.69, 9.17) is 9.47 Å². The van der Waals surface area contributed by atoms with Crippen LogP contribution >= 0.6 is 23.5 Å². The zero-order valence-corrected chi connectivity index (χ0v) is 17.7. The fourth-order valence-corrected chi connectivity index (χ4v) is 5.67. The Hall–Kier alpha value is -2.73. The van der Waals surface area contributed by atoms with E-state index in [0.717, 1.165) is 23.5 Å². The highest BCUT2D eigenvalue weighted by Crippen LogP contribution is 2.58. The van der Waals surface area contributed by atoms with Gasteiger partial charge < -0.3 is 14.4 Å². The predicted octanol–water partition coefficient (Wildman–Crippen LogP) is 2.72. The number of anilines is 1. The molecule has 12 heteroatoms. The summed E-state index contributed by atoms with van der Waals surface area (Å²) in [4.78, 5) is 37.4. The summed E-state index contributed by atoms with van der Waals surface area (Å²) in [6.45, 7) is 3.61. The van der Waals surface area contributed by atoms with Crippen LogP contribution in [0.4, 0.5) is 11.4 Å². The number of hydrazone groups is 1.